The van der Waals surface area contributed by atoms with E-state index in [9.17, 15) is 0 Å². The number of nitrogens with one attached hydrogen (secondary N) is 1. The Kier molecular flexibility index (Phi) is 2.09. The van der Waals surface area contributed by atoms with Gasteiger partial charge >= 0.3 is 0 Å². The second kappa shape index (κ2) is 3.31. The topological polar surface area (TPSA) is 47.3 Å². The summed E-state index contributed by atoms with van der Waals surface area (Å²) in [6, 6.07) is 2.49. The van der Waals surface area contributed by atoms with Gasteiger partial charge in [0.05, 0.1) is 19.3 Å². The van der Waals surface area contributed by atoms with Crippen molar-refractivity contribution in [1.82, 2.24) is 5.43 Å². The van der Waals surface area contributed by atoms with Crippen LogP contribution in [0.1, 0.15) is 11.6 Å². The number of rotatable bonds is 3. The van der Waals surface area contributed by atoms with Gasteiger partial charge in [0.15, 0.2) is 0 Å². The van der Waals surface area contributed by atoms with Crippen molar-refractivity contribution in [3.05, 3.63) is 22.4 Å². The van der Waals surface area contributed by atoms with Gasteiger partial charge in [-0.25, -0.2) is 0 Å². The Morgan fingerprint density at radius 1 is 1.50 bits per heavy atom. The first-order valence-electron chi connectivity index (χ1n) is 4.98. The van der Waals surface area contributed by atoms with E-state index in [1.165, 1.54) is 5.56 Å². The molecular formula is C10H14N2OS. The molecule has 76 valence electrons. The van der Waals surface area contributed by atoms with E-state index in [4.69, 9.17) is 10.6 Å². The van der Waals surface area contributed by atoms with Crippen molar-refractivity contribution in [2.45, 2.75) is 6.04 Å². The lowest BCUT2D eigenvalue weighted by Gasteiger charge is -2.16. The summed E-state index contributed by atoms with van der Waals surface area (Å²) < 4.78 is 5.38. The highest BCUT2D eigenvalue weighted by atomic mass is 32.1. The van der Waals surface area contributed by atoms with Crippen LogP contribution in [0, 0.1) is 17.8 Å². The molecule has 3 nitrogen and oxygen atoms in total. The average molecular weight is 210 g/mol. The summed E-state index contributed by atoms with van der Waals surface area (Å²) in [4.78, 5) is 0. The predicted octanol–water partition coefficient (Wildman–Crippen LogP) is 1.14. The highest BCUT2D eigenvalue weighted by molar-refractivity contribution is 7.07. The molecule has 3 unspecified atom stereocenters. The Bertz CT molecular complexity index is 304. The number of hydrazine groups is 1. The molecule has 1 saturated carbocycles. The molecule has 1 aromatic rings. The fourth-order valence-corrected chi connectivity index (χ4v) is 3.36. The molecule has 1 saturated heterocycles. The van der Waals surface area contributed by atoms with Gasteiger partial charge in [0, 0.05) is 0 Å². The van der Waals surface area contributed by atoms with Crippen LogP contribution in [0.4, 0.5) is 0 Å². The van der Waals surface area contributed by atoms with Crippen molar-refractivity contribution in [3.63, 3.8) is 0 Å². The lowest BCUT2D eigenvalue weighted by Crippen LogP contribution is -2.31. The second-order valence-electron chi connectivity index (χ2n) is 4.14. The van der Waals surface area contributed by atoms with Crippen LogP contribution < -0.4 is 11.3 Å². The maximum Gasteiger partial charge on any atom is 0.0503 e. The molecular weight excluding hydrogens is 196 g/mol. The van der Waals surface area contributed by atoms with Crippen LogP contribution >= 0.6 is 11.3 Å². The number of hydrogen-bond acceptors (Lipinski definition) is 4. The highest BCUT2D eigenvalue weighted by Gasteiger charge is 2.57. The first-order valence-corrected chi connectivity index (χ1v) is 5.92. The smallest absolute Gasteiger partial charge is 0.0503 e. The monoisotopic (exact) mass is 210 g/mol. The van der Waals surface area contributed by atoms with E-state index in [1.54, 1.807) is 11.3 Å². The molecule has 1 aliphatic carbocycles. The average Bonchev–Trinajstić information content (AvgIpc) is 2.67. The van der Waals surface area contributed by atoms with Gasteiger partial charge in [0.2, 0.25) is 0 Å². The van der Waals surface area contributed by atoms with Crippen molar-refractivity contribution in [1.29, 1.82) is 0 Å². The molecule has 0 radical (unpaired) electrons. The zero-order valence-corrected chi connectivity index (χ0v) is 8.67. The summed E-state index contributed by atoms with van der Waals surface area (Å²) in [5.41, 5.74) is 4.28. The number of fused-ring (bicyclic) bond motifs is 1. The Labute approximate surface area is 87.2 Å². The number of thiophene rings is 1. The van der Waals surface area contributed by atoms with Gasteiger partial charge in [-0.1, -0.05) is 0 Å². The van der Waals surface area contributed by atoms with Crippen LogP contribution in [-0.4, -0.2) is 13.2 Å². The van der Waals surface area contributed by atoms with E-state index in [0.29, 0.717) is 12.0 Å². The van der Waals surface area contributed by atoms with Gasteiger partial charge in [-0.05, 0) is 40.1 Å². The minimum absolute atomic E-state index is 0.333. The van der Waals surface area contributed by atoms with Gasteiger partial charge < -0.3 is 4.74 Å². The molecule has 3 N–H and O–H groups in total. The van der Waals surface area contributed by atoms with Crippen LogP contribution in [0.25, 0.3) is 0 Å². The molecule has 3 atom stereocenters. The van der Waals surface area contributed by atoms with Gasteiger partial charge in [-0.3, -0.25) is 11.3 Å². The minimum Gasteiger partial charge on any atom is -0.381 e. The quantitative estimate of drug-likeness (QED) is 0.581. The first-order chi connectivity index (χ1) is 6.92. The lowest BCUT2D eigenvalue weighted by atomic mass is 10.0. The summed E-state index contributed by atoms with van der Waals surface area (Å²) in [5, 5.41) is 4.29. The number of hydrogen-bond donors (Lipinski definition) is 2. The van der Waals surface area contributed by atoms with Crippen LogP contribution in [-0.2, 0) is 4.74 Å². The molecule has 3 rings (SSSR count). The SMILES string of the molecule is NNC(c1ccsc1)C1C2COCC21. The van der Waals surface area contributed by atoms with E-state index in [1.807, 2.05) is 0 Å². The normalized spacial score (nSPS) is 36.8. The Balaban J connectivity index is 1.77. The number of ether oxygens (including phenoxy) is 1. The van der Waals surface area contributed by atoms with E-state index >= 15 is 0 Å². The van der Waals surface area contributed by atoms with Crippen molar-refractivity contribution < 1.29 is 4.74 Å². The molecule has 0 bridgehead atoms. The molecule has 1 aliphatic heterocycles. The van der Waals surface area contributed by atoms with Crippen molar-refractivity contribution in [2.24, 2.45) is 23.6 Å². The Morgan fingerprint density at radius 3 is 2.86 bits per heavy atom. The summed E-state index contributed by atoms with van der Waals surface area (Å²) in [6.07, 6.45) is 0. The summed E-state index contributed by atoms with van der Waals surface area (Å²) >= 11 is 1.73. The molecule has 0 aromatic carbocycles. The van der Waals surface area contributed by atoms with Crippen molar-refractivity contribution >= 4 is 11.3 Å². The molecule has 14 heavy (non-hydrogen) atoms. The maximum absolute atomic E-state index is 5.62. The van der Waals surface area contributed by atoms with Gasteiger partial charge in [0.25, 0.3) is 0 Å². The maximum atomic E-state index is 5.62. The van der Waals surface area contributed by atoms with Crippen LogP contribution in [0.3, 0.4) is 0 Å². The Hall–Kier alpha value is -0.420. The molecule has 2 aliphatic rings. The molecule has 0 amide bonds. The summed E-state index contributed by atoms with van der Waals surface area (Å²) in [5.74, 6) is 7.81. The zero-order valence-electron chi connectivity index (χ0n) is 7.85. The third-order valence-electron chi connectivity index (χ3n) is 3.49. The summed E-state index contributed by atoms with van der Waals surface area (Å²) in [7, 11) is 0. The van der Waals surface area contributed by atoms with Crippen molar-refractivity contribution in [2.75, 3.05) is 13.2 Å². The fourth-order valence-electron chi connectivity index (χ4n) is 2.66. The van der Waals surface area contributed by atoms with Gasteiger partial charge in [-0.2, -0.15) is 11.3 Å². The van der Waals surface area contributed by atoms with E-state index in [0.717, 1.165) is 25.0 Å². The van der Waals surface area contributed by atoms with Crippen LogP contribution in [0.2, 0.25) is 0 Å². The molecule has 2 heterocycles. The largest absolute Gasteiger partial charge is 0.381 e. The van der Waals surface area contributed by atoms with Crippen LogP contribution in [0.5, 0.6) is 0 Å². The fraction of sp³-hybridized carbons (Fsp3) is 0.600. The summed E-state index contributed by atoms with van der Waals surface area (Å²) in [6.45, 7) is 1.86. The molecule has 1 aromatic heterocycles. The minimum atomic E-state index is 0.333. The van der Waals surface area contributed by atoms with E-state index in [2.05, 4.69) is 22.3 Å². The predicted molar refractivity (Wildman–Crippen MR) is 55.7 cm³/mol. The van der Waals surface area contributed by atoms with Gasteiger partial charge in [-0.15, -0.1) is 0 Å². The molecule has 4 heteroatoms. The molecule has 2 fully saturated rings. The van der Waals surface area contributed by atoms with Crippen molar-refractivity contribution in [3.8, 4) is 0 Å². The first kappa shape index (κ1) is 8.85. The second-order valence-corrected chi connectivity index (χ2v) is 4.92. The number of nitrogens with two attached hydrogens (primary N) is 1. The third-order valence-corrected chi connectivity index (χ3v) is 4.19. The Morgan fingerprint density at radius 2 is 2.29 bits per heavy atom. The van der Waals surface area contributed by atoms with E-state index < -0.39 is 0 Å². The standard InChI is InChI=1S/C10H14N2OS/c11-12-10(6-1-2-14-5-6)9-7-3-13-4-8(7)9/h1-2,5,7-10,12H,3-4,11H2. The zero-order chi connectivity index (χ0) is 9.54. The molecule has 0 spiro atoms. The van der Waals surface area contributed by atoms with E-state index in [-0.39, 0.29) is 0 Å². The van der Waals surface area contributed by atoms with Crippen LogP contribution in [0.15, 0.2) is 16.8 Å². The highest BCUT2D eigenvalue weighted by Crippen LogP contribution is 2.56. The lowest BCUT2D eigenvalue weighted by molar-refractivity contribution is 0.143. The van der Waals surface area contributed by atoms with Gasteiger partial charge in [0.1, 0.15) is 0 Å². The third kappa shape index (κ3) is 1.22.